The third kappa shape index (κ3) is 5.09. The van der Waals surface area contributed by atoms with E-state index in [4.69, 9.17) is 9.47 Å². The summed E-state index contributed by atoms with van der Waals surface area (Å²) in [6.45, 7) is 5.19. The second-order valence-electron chi connectivity index (χ2n) is 8.83. The zero-order chi connectivity index (χ0) is 24.0. The van der Waals surface area contributed by atoms with E-state index < -0.39 is 6.23 Å². The SMILES string of the molecule is CCOC[C@@H](O)N1CCC(c2ccccc2)(c2cccn2Cc2ccc(C(=O)OC)cc2)CC1. The topological polar surface area (TPSA) is 63.9 Å². The maximum atomic E-state index is 11.8. The highest BCUT2D eigenvalue weighted by molar-refractivity contribution is 5.89. The predicted molar refractivity (Wildman–Crippen MR) is 132 cm³/mol. The number of carbonyl (C=O) groups is 1. The minimum atomic E-state index is -0.575. The van der Waals surface area contributed by atoms with Gasteiger partial charge in [0.25, 0.3) is 0 Å². The molecule has 180 valence electrons. The van der Waals surface area contributed by atoms with Crippen LogP contribution in [0.2, 0.25) is 0 Å². The fraction of sp³-hybridized carbons (Fsp3) is 0.393. The number of hydrogen-bond acceptors (Lipinski definition) is 5. The Morgan fingerprint density at radius 3 is 2.38 bits per heavy atom. The van der Waals surface area contributed by atoms with E-state index in [1.54, 1.807) is 0 Å². The zero-order valence-corrected chi connectivity index (χ0v) is 20.0. The van der Waals surface area contributed by atoms with Crippen LogP contribution in [0, 0.1) is 0 Å². The first-order chi connectivity index (χ1) is 16.6. The van der Waals surface area contributed by atoms with E-state index in [0.717, 1.165) is 38.0 Å². The molecule has 1 N–H and O–H groups in total. The standard InChI is InChI=1S/C28H34N2O4/c1-3-34-21-26(31)29-18-15-28(16-19-29,24-8-5-4-6-9-24)25-10-7-17-30(25)20-22-11-13-23(14-12-22)27(32)33-2/h4-14,17,26,31H,3,15-16,18-21H2,1-2H3/t26-/m1/s1. The van der Waals surface area contributed by atoms with Crippen LogP contribution < -0.4 is 0 Å². The fourth-order valence-corrected chi connectivity index (χ4v) is 5.03. The van der Waals surface area contributed by atoms with Crippen molar-refractivity contribution < 1.29 is 19.4 Å². The first-order valence-corrected chi connectivity index (χ1v) is 12.0. The van der Waals surface area contributed by atoms with E-state index in [-0.39, 0.29) is 11.4 Å². The number of aliphatic hydroxyl groups excluding tert-OH is 1. The summed E-state index contributed by atoms with van der Waals surface area (Å²) < 4.78 is 12.6. The van der Waals surface area contributed by atoms with Crippen LogP contribution in [0.25, 0.3) is 0 Å². The molecule has 1 fully saturated rings. The number of carbonyl (C=O) groups excluding carboxylic acids is 1. The molecule has 0 unspecified atom stereocenters. The van der Waals surface area contributed by atoms with Crippen molar-refractivity contribution in [3.05, 3.63) is 95.3 Å². The molecule has 6 heteroatoms. The summed E-state index contributed by atoms with van der Waals surface area (Å²) in [4.78, 5) is 13.9. The molecule has 1 atom stereocenters. The molecular weight excluding hydrogens is 428 g/mol. The number of ether oxygens (including phenoxy) is 2. The molecule has 4 rings (SSSR count). The Morgan fingerprint density at radius 1 is 1.03 bits per heavy atom. The second kappa shape index (κ2) is 11.0. The highest BCUT2D eigenvalue weighted by atomic mass is 16.5. The van der Waals surface area contributed by atoms with Crippen LogP contribution >= 0.6 is 0 Å². The van der Waals surface area contributed by atoms with Gasteiger partial charge >= 0.3 is 5.97 Å². The molecule has 34 heavy (non-hydrogen) atoms. The number of methoxy groups -OCH3 is 1. The van der Waals surface area contributed by atoms with E-state index in [9.17, 15) is 9.90 Å². The van der Waals surface area contributed by atoms with Crippen molar-refractivity contribution in [1.82, 2.24) is 9.47 Å². The van der Waals surface area contributed by atoms with Crippen molar-refractivity contribution >= 4 is 5.97 Å². The highest BCUT2D eigenvalue weighted by Crippen LogP contribution is 2.42. The van der Waals surface area contributed by atoms with Gasteiger partial charge in [0.05, 0.1) is 19.3 Å². The van der Waals surface area contributed by atoms with Crippen molar-refractivity contribution in [2.75, 3.05) is 33.4 Å². The normalized spacial score (nSPS) is 16.8. The lowest BCUT2D eigenvalue weighted by Crippen LogP contribution is -2.49. The number of piperidine rings is 1. The summed E-state index contributed by atoms with van der Waals surface area (Å²) in [5.41, 5.74) is 4.11. The molecule has 1 saturated heterocycles. The molecule has 0 radical (unpaired) electrons. The van der Waals surface area contributed by atoms with Crippen molar-refractivity contribution in [2.24, 2.45) is 0 Å². The maximum absolute atomic E-state index is 11.8. The van der Waals surface area contributed by atoms with Gasteiger partial charge in [0.2, 0.25) is 0 Å². The molecule has 1 aromatic heterocycles. The molecule has 0 bridgehead atoms. The van der Waals surface area contributed by atoms with Crippen molar-refractivity contribution in [3.8, 4) is 0 Å². The minimum Gasteiger partial charge on any atom is -0.465 e. The monoisotopic (exact) mass is 462 g/mol. The van der Waals surface area contributed by atoms with Crippen molar-refractivity contribution in [2.45, 2.75) is 38.0 Å². The van der Waals surface area contributed by atoms with Gasteiger partial charge in [0, 0.05) is 43.5 Å². The van der Waals surface area contributed by atoms with Crippen LogP contribution in [0.15, 0.2) is 72.9 Å². The van der Waals surface area contributed by atoms with Crippen LogP contribution in [0.3, 0.4) is 0 Å². The van der Waals surface area contributed by atoms with E-state index in [2.05, 4.69) is 58.1 Å². The first-order valence-electron chi connectivity index (χ1n) is 12.0. The lowest BCUT2D eigenvalue weighted by atomic mass is 9.70. The van der Waals surface area contributed by atoms with Gasteiger partial charge in [-0.05, 0) is 55.2 Å². The zero-order valence-electron chi connectivity index (χ0n) is 20.0. The third-order valence-corrected chi connectivity index (χ3v) is 6.92. The minimum absolute atomic E-state index is 0.140. The molecule has 0 spiro atoms. The van der Waals surface area contributed by atoms with Crippen molar-refractivity contribution in [3.63, 3.8) is 0 Å². The van der Waals surface area contributed by atoms with Crippen LogP contribution in [-0.2, 0) is 21.4 Å². The van der Waals surface area contributed by atoms with Gasteiger partial charge in [-0.15, -0.1) is 0 Å². The van der Waals surface area contributed by atoms with E-state index >= 15 is 0 Å². The molecule has 0 aliphatic carbocycles. The molecule has 3 aromatic rings. The average Bonchev–Trinajstić information content (AvgIpc) is 3.36. The molecule has 2 aromatic carbocycles. The Labute approximate surface area is 201 Å². The average molecular weight is 463 g/mol. The van der Waals surface area contributed by atoms with E-state index in [0.29, 0.717) is 18.8 Å². The van der Waals surface area contributed by atoms with Crippen LogP contribution in [-0.4, -0.2) is 60.2 Å². The molecule has 1 aliphatic rings. The smallest absolute Gasteiger partial charge is 0.337 e. The molecule has 1 aliphatic heterocycles. The largest absolute Gasteiger partial charge is 0.465 e. The molecule has 6 nitrogen and oxygen atoms in total. The highest BCUT2D eigenvalue weighted by Gasteiger charge is 2.40. The Morgan fingerprint density at radius 2 is 1.74 bits per heavy atom. The Hall–Kier alpha value is -2.93. The van der Waals surface area contributed by atoms with Gasteiger partial charge in [0.15, 0.2) is 0 Å². The number of likely N-dealkylation sites (tertiary alicyclic amines) is 1. The van der Waals surface area contributed by atoms with E-state index in [1.165, 1.54) is 18.4 Å². The van der Waals surface area contributed by atoms with Gasteiger partial charge in [-0.2, -0.15) is 0 Å². The van der Waals surface area contributed by atoms with Crippen molar-refractivity contribution in [1.29, 1.82) is 0 Å². The summed E-state index contributed by atoms with van der Waals surface area (Å²) in [7, 11) is 1.40. The second-order valence-corrected chi connectivity index (χ2v) is 8.83. The molecule has 0 amide bonds. The molecule has 0 saturated carbocycles. The number of esters is 1. The lowest BCUT2D eigenvalue weighted by Gasteiger charge is -2.44. The Bertz CT molecular complexity index is 1050. The summed E-state index contributed by atoms with van der Waals surface area (Å²) in [6.07, 6.45) is 3.37. The summed E-state index contributed by atoms with van der Waals surface area (Å²) in [5.74, 6) is -0.325. The van der Waals surface area contributed by atoms with Gasteiger partial charge in [-0.3, -0.25) is 4.90 Å². The third-order valence-electron chi connectivity index (χ3n) is 6.92. The quantitative estimate of drug-likeness (QED) is 0.486. The molecule has 2 heterocycles. The van der Waals surface area contributed by atoms with Gasteiger partial charge in [-0.25, -0.2) is 4.79 Å². The number of rotatable bonds is 9. The van der Waals surface area contributed by atoms with Gasteiger partial charge in [-0.1, -0.05) is 42.5 Å². The number of benzene rings is 2. The number of aromatic nitrogens is 1. The van der Waals surface area contributed by atoms with Crippen LogP contribution in [0.1, 0.15) is 46.9 Å². The first kappa shape index (κ1) is 24.2. The van der Waals surface area contributed by atoms with Gasteiger partial charge < -0.3 is 19.1 Å². The lowest BCUT2D eigenvalue weighted by molar-refractivity contribution is -0.0690. The van der Waals surface area contributed by atoms with Crippen LogP contribution in [0.4, 0.5) is 0 Å². The maximum Gasteiger partial charge on any atom is 0.337 e. The summed E-state index contributed by atoms with van der Waals surface area (Å²) in [6, 6.07) is 22.6. The predicted octanol–water partition coefficient (Wildman–Crippen LogP) is 4.06. The summed E-state index contributed by atoms with van der Waals surface area (Å²) in [5, 5.41) is 10.6. The van der Waals surface area contributed by atoms with Crippen LogP contribution in [0.5, 0.6) is 0 Å². The Kier molecular flexibility index (Phi) is 7.83. The number of hydrogen-bond donors (Lipinski definition) is 1. The fourth-order valence-electron chi connectivity index (χ4n) is 5.03. The Balaban J connectivity index is 1.60. The van der Waals surface area contributed by atoms with E-state index in [1.807, 2.05) is 31.2 Å². The van der Waals surface area contributed by atoms with Gasteiger partial charge in [0.1, 0.15) is 6.23 Å². The summed E-state index contributed by atoms with van der Waals surface area (Å²) >= 11 is 0. The number of nitrogens with zero attached hydrogens (tertiary/aromatic N) is 2. The molecular formula is C28H34N2O4. The number of aliphatic hydroxyl groups is 1.